The summed E-state index contributed by atoms with van der Waals surface area (Å²) in [7, 11) is 0. The first kappa shape index (κ1) is 26.1. The maximum Gasteiger partial charge on any atom is 0.254 e. The van der Waals surface area contributed by atoms with Crippen molar-refractivity contribution in [3.63, 3.8) is 0 Å². The average molecular weight is 515 g/mol. The van der Waals surface area contributed by atoms with Crippen molar-refractivity contribution in [3.8, 4) is 5.75 Å². The Bertz CT molecular complexity index is 1140. The molecule has 0 spiro atoms. The summed E-state index contributed by atoms with van der Waals surface area (Å²) in [5.74, 6) is -0.343. The summed E-state index contributed by atoms with van der Waals surface area (Å²) in [5, 5.41) is 27.2. The van der Waals surface area contributed by atoms with E-state index in [0.717, 1.165) is 41.5 Å². The Kier molecular flexibility index (Phi) is 8.07. The van der Waals surface area contributed by atoms with Crippen molar-refractivity contribution in [1.29, 1.82) is 0 Å². The molecule has 1 unspecified atom stereocenters. The minimum atomic E-state index is -1.03. The minimum Gasteiger partial charge on any atom is -0.492 e. The lowest BCUT2D eigenvalue weighted by Crippen LogP contribution is -2.47. The van der Waals surface area contributed by atoms with Gasteiger partial charge in [-0.3, -0.25) is 10.1 Å². The van der Waals surface area contributed by atoms with Crippen LogP contribution < -0.4 is 15.4 Å². The summed E-state index contributed by atoms with van der Waals surface area (Å²) in [5.41, 5.74) is 4.37. The first-order valence-electron chi connectivity index (χ1n) is 13.1. The molecule has 0 bridgehead atoms. The van der Waals surface area contributed by atoms with E-state index in [2.05, 4.69) is 10.6 Å². The number of carbonyl (C=O) groups is 1. The molecule has 1 amide bonds. The zero-order chi connectivity index (χ0) is 25.9. The van der Waals surface area contributed by atoms with Gasteiger partial charge >= 0.3 is 0 Å². The highest BCUT2D eigenvalue weighted by Gasteiger charge is 2.30. The molecule has 2 aromatic carbocycles. The molecule has 5 rings (SSSR count). The molecule has 4 atom stereocenters. The van der Waals surface area contributed by atoms with E-state index in [4.69, 9.17) is 14.2 Å². The highest BCUT2D eigenvalue weighted by atomic mass is 19.1. The Labute approximate surface area is 216 Å². The van der Waals surface area contributed by atoms with Crippen molar-refractivity contribution >= 4 is 5.91 Å². The predicted molar refractivity (Wildman–Crippen MR) is 134 cm³/mol. The summed E-state index contributed by atoms with van der Waals surface area (Å²) in [4.78, 5) is 12.5. The lowest BCUT2D eigenvalue weighted by Gasteiger charge is -2.31. The van der Waals surface area contributed by atoms with Crippen LogP contribution in [0.4, 0.5) is 4.39 Å². The van der Waals surface area contributed by atoms with Gasteiger partial charge in [0.05, 0.1) is 31.0 Å². The molecule has 4 N–H and O–H groups in total. The fourth-order valence-corrected chi connectivity index (χ4v) is 5.40. The van der Waals surface area contributed by atoms with Gasteiger partial charge < -0.3 is 29.7 Å². The summed E-state index contributed by atoms with van der Waals surface area (Å²) in [6.45, 7) is 4.36. The monoisotopic (exact) mass is 514 g/mol. The third kappa shape index (κ3) is 5.81. The van der Waals surface area contributed by atoms with Crippen molar-refractivity contribution in [2.24, 2.45) is 0 Å². The smallest absolute Gasteiger partial charge is 0.254 e. The SMILES string of the molecule is Cc1c(Cc2ccc(C(=O)NC[C@H]3CCCO3)c(F)c2)cc(C(O)N[C@H]2CCOC[C@@H]2O)c2c1CCO2. The molecule has 9 heteroatoms. The van der Waals surface area contributed by atoms with Crippen LogP contribution in [0.2, 0.25) is 0 Å². The number of hydrogen-bond donors (Lipinski definition) is 4. The summed E-state index contributed by atoms with van der Waals surface area (Å²) >= 11 is 0. The second-order valence-electron chi connectivity index (χ2n) is 10.1. The molecule has 3 aliphatic heterocycles. The molecule has 37 heavy (non-hydrogen) atoms. The highest BCUT2D eigenvalue weighted by Crippen LogP contribution is 2.38. The molecule has 200 valence electrons. The number of carbonyl (C=O) groups excluding carboxylic acids is 1. The van der Waals surface area contributed by atoms with E-state index in [1.165, 1.54) is 12.1 Å². The number of benzene rings is 2. The fourth-order valence-electron chi connectivity index (χ4n) is 5.40. The van der Waals surface area contributed by atoms with Crippen molar-refractivity contribution in [1.82, 2.24) is 10.6 Å². The van der Waals surface area contributed by atoms with Gasteiger partial charge in [-0.15, -0.1) is 0 Å². The largest absolute Gasteiger partial charge is 0.492 e. The zero-order valence-electron chi connectivity index (χ0n) is 21.1. The Morgan fingerprint density at radius 3 is 2.84 bits per heavy atom. The van der Waals surface area contributed by atoms with Crippen molar-refractivity contribution in [2.45, 2.75) is 63.5 Å². The molecule has 2 aromatic rings. The molecule has 0 saturated carbocycles. The van der Waals surface area contributed by atoms with Gasteiger partial charge in [0, 0.05) is 43.3 Å². The maximum atomic E-state index is 14.9. The van der Waals surface area contributed by atoms with Crippen LogP contribution in [0.3, 0.4) is 0 Å². The van der Waals surface area contributed by atoms with Crippen LogP contribution in [-0.4, -0.2) is 67.3 Å². The zero-order valence-corrected chi connectivity index (χ0v) is 21.1. The lowest BCUT2D eigenvalue weighted by molar-refractivity contribution is -0.0428. The molecule has 0 radical (unpaired) electrons. The van der Waals surface area contributed by atoms with Gasteiger partial charge in [-0.25, -0.2) is 4.39 Å². The molecule has 2 fully saturated rings. The summed E-state index contributed by atoms with van der Waals surface area (Å²) < 4.78 is 31.6. The van der Waals surface area contributed by atoms with E-state index in [9.17, 15) is 19.4 Å². The van der Waals surface area contributed by atoms with E-state index in [1.807, 2.05) is 13.0 Å². The quantitative estimate of drug-likeness (QED) is 0.400. The van der Waals surface area contributed by atoms with E-state index in [1.54, 1.807) is 6.07 Å². The Balaban J connectivity index is 1.32. The van der Waals surface area contributed by atoms with Gasteiger partial charge in [0.25, 0.3) is 5.91 Å². The van der Waals surface area contributed by atoms with Crippen LogP contribution in [-0.2, 0) is 22.3 Å². The van der Waals surface area contributed by atoms with Crippen LogP contribution in [0.15, 0.2) is 24.3 Å². The van der Waals surface area contributed by atoms with Crippen LogP contribution in [0.25, 0.3) is 0 Å². The van der Waals surface area contributed by atoms with Gasteiger partial charge in [-0.2, -0.15) is 0 Å². The van der Waals surface area contributed by atoms with Crippen LogP contribution in [0, 0.1) is 12.7 Å². The Morgan fingerprint density at radius 1 is 1.22 bits per heavy atom. The lowest BCUT2D eigenvalue weighted by atomic mass is 9.91. The van der Waals surface area contributed by atoms with Crippen molar-refractivity contribution < 1.29 is 33.6 Å². The number of halogens is 1. The van der Waals surface area contributed by atoms with Gasteiger partial charge in [0.2, 0.25) is 0 Å². The van der Waals surface area contributed by atoms with E-state index in [0.29, 0.717) is 50.5 Å². The molecule has 3 heterocycles. The van der Waals surface area contributed by atoms with Crippen molar-refractivity contribution in [3.05, 3.63) is 63.5 Å². The Morgan fingerprint density at radius 2 is 2.08 bits per heavy atom. The first-order chi connectivity index (χ1) is 17.9. The predicted octanol–water partition coefficient (Wildman–Crippen LogP) is 2.30. The number of fused-ring (bicyclic) bond motifs is 1. The van der Waals surface area contributed by atoms with Gasteiger partial charge in [0.15, 0.2) is 0 Å². The minimum absolute atomic E-state index is 0.00760. The van der Waals surface area contributed by atoms with Crippen molar-refractivity contribution in [2.75, 3.05) is 33.0 Å². The Hall–Kier alpha value is -2.56. The number of nitrogens with one attached hydrogen (secondary N) is 2. The fraction of sp³-hybridized carbons (Fsp3) is 0.536. The molecule has 0 aliphatic carbocycles. The number of rotatable bonds is 8. The molecule has 0 aromatic heterocycles. The third-order valence-corrected chi connectivity index (χ3v) is 7.58. The molecular weight excluding hydrogens is 479 g/mol. The normalized spacial score (nSPS) is 23.9. The average Bonchev–Trinajstić information content (AvgIpc) is 3.58. The van der Waals surface area contributed by atoms with E-state index >= 15 is 0 Å². The molecular formula is C28H35FN2O6. The standard InChI is InChI=1S/C28H35FN2O6/c1-16-18(11-17-4-5-21(23(29)12-17)27(33)30-14-19-3-2-8-36-19)13-22(26-20(16)6-10-37-26)28(34)31-24-7-9-35-15-25(24)32/h4-5,12-13,19,24-25,28,31-32,34H,2-3,6-11,14-15H2,1H3,(H,30,33)/t19-,24+,25+,28?/m1/s1. The van der Waals surface area contributed by atoms with Crippen LogP contribution >= 0.6 is 0 Å². The topological polar surface area (TPSA) is 109 Å². The van der Waals surface area contributed by atoms with Crippen LogP contribution in [0.5, 0.6) is 5.75 Å². The summed E-state index contributed by atoms with van der Waals surface area (Å²) in [6, 6.07) is 6.28. The molecule has 8 nitrogen and oxygen atoms in total. The van der Waals surface area contributed by atoms with Gasteiger partial charge in [0.1, 0.15) is 17.8 Å². The van der Waals surface area contributed by atoms with E-state index < -0.39 is 24.1 Å². The number of aliphatic hydroxyl groups is 2. The second kappa shape index (κ2) is 11.4. The molecule has 2 saturated heterocycles. The summed E-state index contributed by atoms with van der Waals surface area (Å²) in [6.07, 6.45) is 1.89. The van der Waals surface area contributed by atoms with E-state index in [-0.39, 0.29) is 24.3 Å². The third-order valence-electron chi connectivity index (χ3n) is 7.58. The van der Waals surface area contributed by atoms with Crippen LogP contribution in [0.1, 0.15) is 63.7 Å². The number of aliphatic hydroxyl groups excluding tert-OH is 2. The first-order valence-corrected chi connectivity index (χ1v) is 13.1. The number of ether oxygens (including phenoxy) is 3. The maximum absolute atomic E-state index is 14.9. The van der Waals surface area contributed by atoms with Gasteiger partial charge in [-0.1, -0.05) is 6.07 Å². The highest BCUT2D eigenvalue weighted by molar-refractivity contribution is 5.94. The molecule has 3 aliphatic rings. The van der Waals surface area contributed by atoms with Gasteiger partial charge in [-0.05, 0) is 67.5 Å². The number of hydrogen-bond acceptors (Lipinski definition) is 7. The second-order valence-corrected chi connectivity index (χ2v) is 10.1. The number of amides is 1.